The molecule has 0 saturated carbocycles. The van der Waals surface area contributed by atoms with E-state index in [1.54, 1.807) is 0 Å². The number of benzene rings is 1. The third-order valence-electron chi connectivity index (χ3n) is 1.67. The zero-order chi connectivity index (χ0) is 10.1. The minimum absolute atomic E-state index is 0.137. The van der Waals surface area contributed by atoms with Crippen molar-refractivity contribution in [3.8, 4) is 16.5 Å². The quantitative estimate of drug-likeness (QED) is 0.790. The SMILES string of the molecule is Oc1csc(-c2c(F)cccc2F)n1. The van der Waals surface area contributed by atoms with E-state index in [-0.39, 0.29) is 16.5 Å². The van der Waals surface area contributed by atoms with Crippen LogP contribution in [0.2, 0.25) is 0 Å². The largest absolute Gasteiger partial charge is 0.493 e. The van der Waals surface area contributed by atoms with Crippen molar-refractivity contribution < 1.29 is 13.9 Å². The van der Waals surface area contributed by atoms with Gasteiger partial charge in [-0.3, -0.25) is 0 Å². The fourth-order valence-corrected chi connectivity index (χ4v) is 1.81. The smallest absolute Gasteiger partial charge is 0.222 e. The lowest BCUT2D eigenvalue weighted by molar-refractivity contribution is 0.457. The molecule has 0 radical (unpaired) electrons. The van der Waals surface area contributed by atoms with Crippen molar-refractivity contribution >= 4 is 11.3 Å². The van der Waals surface area contributed by atoms with Crippen LogP contribution in [0.1, 0.15) is 0 Å². The normalized spacial score (nSPS) is 10.4. The lowest BCUT2D eigenvalue weighted by Crippen LogP contribution is -1.88. The van der Waals surface area contributed by atoms with Crippen LogP contribution in [0.4, 0.5) is 8.78 Å². The second-order valence-electron chi connectivity index (χ2n) is 2.61. The summed E-state index contributed by atoms with van der Waals surface area (Å²) in [7, 11) is 0. The van der Waals surface area contributed by atoms with Crippen LogP contribution in [0.3, 0.4) is 0 Å². The van der Waals surface area contributed by atoms with E-state index in [2.05, 4.69) is 4.98 Å². The molecule has 1 N–H and O–H groups in total. The van der Waals surface area contributed by atoms with Gasteiger partial charge in [-0.1, -0.05) is 6.07 Å². The Labute approximate surface area is 82.5 Å². The molecule has 0 amide bonds. The molecule has 2 nitrogen and oxygen atoms in total. The Morgan fingerprint density at radius 2 is 1.86 bits per heavy atom. The van der Waals surface area contributed by atoms with E-state index in [4.69, 9.17) is 5.11 Å². The molecule has 0 aliphatic rings. The van der Waals surface area contributed by atoms with Crippen molar-refractivity contribution in [2.24, 2.45) is 0 Å². The molecule has 1 aromatic heterocycles. The number of halogens is 2. The van der Waals surface area contributed by atoms with Crippen molar-refractivity contribution in [3.05, 3.63) is 35.2 Å². The van der Waals surface area contributed by atoms with Gasteiger partial charge in [0.1, 0.15) is 16.6 Å². The Kier molecular flexibility index (Phi) is 2.17. The molecule has 0 bridgehead atoms. The number of hydrogen-bond donors (Lipinski definition) is 1. The summed E-state index contributed by atoms with van der Waals surface area (Å²) >= 11 is 0.990. The van der Waals surface area contributed by atoms with Gasteiger partial charge < -0.3 is 5.11 Å². The van der Waals surface area contributed by atoms with Gasteiger partial charge in [0.2, 0.25) is 5.88 Å². The molecule has 0 unspecified atom stereocenters. The van der Waals surface area contributed by atoms with Crippen molar-refractivity contribution in [2.45, 2.75) is 0 Å². The van der Waals surface area contributed by atoms with Crippen molar-refractivity contribution in [1.29, 1.82) is 0 Å². The predicted octanol–water partition coefficient (Wildman–Crippen LogP) is 2.79. The first-order valence-corrected chi connectivity index (χ1v) is 4.65. The highest BCUT2D eigenvalue weighted by atomic mass is 32.1. The van der Waals surface area contributed by atoms with Crippen molar-refractivity contribution in [1.82, 2.24) is 4.98 Å². The minimum atomic E-state index is -0.681. The maximum absolute atomic E-state index is 13.2. The molecule has 72 valence electrons. The van der Waals surface area contributed by atoms with Gasteiger partial charge in [0.05, 0.1) is 10.9 Å². The molecular formula is C9H5F2NOS. The van der Waals surface area contributed by atoms with Crippen LogP contribution in [0, 0.1) is 11.6 Å². The van der Waals surface area contributed by atoms with Crippen LogP contribution in [0.25, 0.3) is 10.6 Å². The molecule has 0 atom stereocenters. The first-order chi connectivity index (χ1) is 6.68. The molecule has 2 rings (SSSR count). The third kappa shape index (κ3) is 1.46. The van der Waals surface area contributed by atoms with Crippen molar-refractivity contribution in [3.63, 3.8) is 0 Å². The van der Waals surface area contributed by atoms with Gasteiger partial charge in [-0.2, -0.15) is 0 Å². The molecular weight excluding hydrogens is 208 g/mol. The van der Waals surface area contributed by atoms with Gasteiger partial charge in [0, 0.05) is 0 Å². The molecule has 2 aromatic rings. The maximum atomic E-state index is 13.2. The van der Waals surface area contributed by atoms with Crippen LogP contribution >= 0.6 is 11.3 Å². The lowest BCUT2D eigenvalue weighted by atomic mass is 10.2. The second-order valence-corrected chi connectivity index (χ2v) is 3.47. The Bertz CT molecular complexity index is 449. The molecule has 0 aliphatic carbocycles. The number of aromatic nitrogens is 1. The molecule has 14 heavy (non-hydrogen) atoms. The topological polar surface area (TPSA) is 33.1 Å². The van der Waals surface area contributed by atoms with Gasteiger partial charge in [0.15, 0.2) is 0 Å². The van der Waals surface area contributed by atoms with Gasteiger partial charge in [-0.15, -0.1) is 11.3 Å². The van der Waals surface area contributed by atoms with E-state index < -0.39 is 11.6 Å². The zero-order valence-corrected chi connectivity index (χ0v) is 7.68. The number of aromatic hydroxyl groups is 1. The van der Waals surface area contributed by atoms with Crippen LogP contribution < -0.4 is 0 Å². The Morgan fingerprint density at radius 3 is 2.36 bits per heavy atom. The highest BCUT2D eigenvalue weighted by Gasteiger charge is 2.14. The van der Waals surface area contributed by atoms with E-state index in [0.717, 1.165) is 23.5 Å². The average molecular weight is 213 g/mol. The van der Waals surface area contributed by atoms with E-state index in [0.29, 0.717) is 0 Å². The lowest BCUT2D eigenvalue weighted by Gasteiger charge is -1.99. The Balaban J connectivity index is 2.61. The van der Waals surface area contributed by atoms with E-state index >= 15 is 0 Å². The summed E-state index contributed by atoms with van der Waals surface area (Å²) in [6, 6.07) is 3.58. The van der Waals surface area contributed by atoms with Gasteiger partial charge in [-0.05, 0) is 12.1 Å². The monoisotopic (exact) mass is 213 g/mol. The average Bonchev–Trinajstić information content (AvgIpc) is 2.51. The fraction of sp³-hybridized carbons (Fsp3) is 0. The van der Waals surface area contributed by atoms with Crippen LogP contribution in [0.15, 0.2) is 23.6 Å². The van der Waals surface area contributed by atoms with Gasteiger partial charge in [0.25, 0.3) is 0 Å². The van der Waals surface area contributed by atoms with E-state index in [1.807, 2.05) is 0 Å². The van der Waals surface area contributed by atoms with Crippen LogP contribution in [-0.2, 0) is 0 Å². The van der Waals surface area contributed by atoms with E-state index in [1.165, 1.54) is 11.4 Å². The summed E-state index contributed by atoms with van der Waals surface area (Å²) in [5, 5.41) is 10.4. The van der Waals surface area contributed by atoms with E-state index in [9.17, 15) is 8.78 Å². The van der Waals surface area contributed by atoms with Crippen molar-refractivity contribution in [2.75, 3.05) is 0 Å². The highest BCUT2D eigenvalue weighted by molar-refractivity contribution is 7.13. The molecule has 5 heteroatoms. The molecule has 0 fully saturated rings. The summed E-state index contributed by atoms with van der Waals surface area (Å²) in [4.78, 5) is 3.60. The Hall–Kier alpha value is -1.49. The Morgan fingerprint density at radius 1 is 1.21 bits per heavy atom. The third-order valence-corrected chi connectivity index (χ3v) is 2.52. The number of hydrogen-bond acceptors (Lipinski definition) is 3. The number of rotatable bonds is 1. The highest BCUT2D eigenvalue weighted by Crippen LogP contribution is 2.30. The summed E-state index contributed by atoms with van der Waals surface area (Å²) in [5.41, 5.74) is -0.196. The standard InChI is InChI=1S/C9H5F2NOS/c10-5-2-1-3-6(11)8(5)9-12-7(13)4-14-9/h1-4,13H. The fourth-order valence-electron chi connectivity index (χ4n) is 1.08. The molecule has 0 aliphatic heterocycles. The molecule has 0 spiro atoms. The van der Waals surface area contributed by atoms with Gasteiger partial charge in [-0.25, -0.2) is 13.8 Å². The molecule has 1 aromatic carbocycles. The van der Waals surface area contributed by atoms with Gasteiger partial charge >= 0.3 is 0 Å². The first kappa shape index (κ1) is 9.08. The second kappa shape index (κ2) is 3.34. The summed E-state index contributed by atoms with van der Waals surface area (Å²) in [5.74, 6) is -1.59. The summed E-state index contributed by atoms with van der Waals surface area (Å²) in [6.45, 7) is 0. The predicted molar refractivity (Wildman–Crippen MR) is 49.1 cm³/mol. The number of thiazole rings is 1. The molecule has 0 saturated heterocycles. The molecule has 1 heterocycles. The summed E-state index contributed by atoms with van der Waals surface area (Å²) in [6.07, 6.45) is 0. The zero-order valence-electron chi connectivity index (χ0n) is 6.87. The van der Waals surface area contributed by atoms with Crippen LogP contribution in [0.5, 0.6) is 5.88 Å². The summed E-state index contributed by atoms with van der Waals surface area (Å²) < 4.78 is 26.4. The first-order valence-electron chi connectivity index (χ1n) is 3.77. The van der Waals surface area contributed by atoms with Crippen LogP contribution in [-0.4, -0.2) is 10.1 Å². The minimum Gasteiger partial charge on any atom is -0.493 e. The maximum Gasteiger partial charge on any atom is 0.222 e. The number of nitrogens with zero attached hydrogens (tertiary/aromatic N) is 1.